The first-order valence-corrected chi connectivity index (χ1v) is 7.81. The molecule has 1 amide bonds. The summed E-state index contributed by atoms with van der Waals surface area (Å²) in [6.07, 6.45) is 1.41. The van der Waals surface area contributed by atoms with Crippen LogP contribution in [0.2, 0.25) is 5.02 Å². The lowest BCUT2D eigenvalue weighted by Gasteiger charge is -2.38. The van der Waals surface area contributed by atoms with E-state index in [1.807, 2.05) is 36.1 Å². The molecule has 0 unspecified atom stereocenters. The lowest BCUT2D eigenvalue weighted by atomic mass is 9.78. The first-order valence-electron chi connectivity index (χ1n) is 7.43. The van der Waals surface area contributed by atoms with Gasteiger partial charge in [-0.15, -0.1) is 12.4 Å². The molecule has 0 bridgehead atoms. The van der Waals surface area contributed by atoms with Gasteiger partial charge >= 0.3 is 0 Å². The maximum Gasteiger partial charge on any atom is 0.230 e. The van der Waals surface area contributed by atoms with Crippen molar-refractivity contribution in [2.45, 2.75) is 26.3 Å². The molecule has 1 aliphatic heterocycles. The molecule has 1 aromatic rings. The highest BCUT2D eigenvalue weighted by atomic mass is 35.5. The second-order valence-electron chi connectivity index (χ2n) is 5.55. The Morgan fingerprint density at radius 1 is 1.41 bits per heavy atom. The molecule has 0 aromatic heterocycles. The Balaban J connectivity index is 0.00000242. The van der Waals surface area contributed by atoms with Crippen LogP contribution >= 0.6 is 24.0 Å². The number of nitrogens with zero attached hydrogens (tertiary/aromatic N) is 1. The maximum absolute atomic E-state index is 12.9. The van der Waals surface area contributed by atoms with Crippen LogP contribution in [0.1, 0.15) is 25.3 Å². The summed E-state index contributed by atoms with van der Waals surface area (Å²) in [5, 5.41) is 0.690. The standard InChI is InChI=1S/C16H23ClN2O2.ClH/c1-2-19(11-13-4-3-5-14(17)10-13)15(20)16(12-18)6-8-21-9-7-16;/h3-5,10H,2,6-9,11-12,18H2,1H3;1H. The number of amides is 1. The Bertz CT molecular complexity index is 491. The lowest BCUT2D eigenvalue weighted by molar-refractivity contribution is -0.147. The summed E-state index contributed by atoms with van der Waals surface area (Å²) in [7, 11) is 0. The van der Waals surface area contributed by atoms with E-state index in [2.05, 4.69) is 0 Å². The molecule has 1 heterocycles. The lowest BCUT2D eigenvalue weighted by Crippen LogP contribution is -2.50. The van der Waals surface area contributed by atoms with Gasteiger partial charge < -0.3 is 15.4 Å². The molecule has 0 saturated carbocycles. The fraction of sp³-hybridized carbons (Fsp3) is 0.562. The third-order valence-electron chi connectivity index (χ3n) is 4.23. The molecule has 1 aliphatic rings. The van der Waals surface area contributed by atoms with Crippen LogP contribution in [0, 0.1) is 5.41 Å². The number of hydrogen-bond donors (Lipinski definition) is 1. The van der Waals surface area contributed by atoms with E-state index >= 15 is 0 Å². The van der Waals surface area contributed by atoms with Crippen molar-refractivity contribution in [1.29, 1.82) is 0 Å². The topological polar surface area (TPSA) is 55.6 Å². The first-order chi connectivity index (χ1) is 10.1. The number of carbonyl (C=O) groups excluding carboxylic acids is 1. The molecule has 6 heteroatoms. The molecule has 0 aliphatic carbocycles. The third kappa shape index (κ3) is 4.35. The molecule has 2 rings (SSSR count). The molecule has 2 N–H and O–H groups in total. The molecular formula is C16H24Cl2N2O2. The average Bonchev–Trinajstić information content (AvgIpc) is 2.52. The zero-order valence-corrected chi connectivity index (χ0v) is 14.5. The molecule has 1 fully saturated rings. The Morgan fingerprint density at radius 2 is 2.09 bits per heavy atom. The van der Waals surface area contributed by atoms with Crippen molar-refractivity contribution in [3.8, 4) is 0 Å². The predicted molar refractivity (Wildman–Crippen MR) is 91.3 cm³/mol. The van der Waals surface area contributed by atoms with Gasteiger partial charge in [-0.3, -0.25) is 4.79 Å². The van der Waals surface area contributed by atoms with Crippen molar-refractivity contribution in [3.63, 3.8) is 0 Å². The SMILES string of the molecule is CCN(Cc1cccc(Cl)c1)C(=O)C1(CN)CCOCC1.Cl. The summed E-state index contributed by atoms with van der Waals surface area (Å²) >= 11 is 6.01. The van der Waals surface area contributed by atoms with Crippen molar-refractivity contribution in [2.75, 3.05) is 26.3 Å². The van der Waals surface area contributed by atoms with Gasteiger partial charge in [-0.25, -0.2) is 0 Å². The van der Waals surface area contributed by atoms with Gasteiger partial charge in [-0.2, -0.15) is 0 Å². The molecule has 1 aromatic carbocycles. The summed E-state index contributed by atoms with van der Waals surface area (Å²) in [5.41, 5.74) is 6.50. The monoisotopic (exact) mass is 346 g/mol. The van der Waals surface area contributed by atoms with Gasteiger partial charge in [0, 0.05) is 37.9 Å². The predicted octanol–water partition coefficient (Wildman–Crippen LogP) is 2.87. The average molecular weight is 347 g/mol. The highest BCUT2D eigenvalue weighted by molar-refractivity contribution is 6.30. The van der Waals surface area contributed by atoms with Crippen molar-refractivity contribution >= 4 is 29.9 Å². The minimum atomic E-state index is -0.465. The van der Waals surface area contributed by atoms with Crippen LogP contribution < -0.4 is 5.73 Å². The minimum Gasteiger partial charge on any atom is -0.381 e. The largest absolute Gasteiger partial charge is 0.381 e. The van der Waals surface area contributed by atoms with Crippen molar-refractivity contribution in [3.05, 3.63) is 34.9 Å². The Hall–Kier alpha value is -0.810. The van der Waals surface area contributed by atoms with Crippen LogP contribution in [0.5, 0.6) is 0 Å². The number of ether oxygens (including phenoxy) is 1. The normalized spacial score (nSPS) is 16.7. The van der Waals surface area contributed by atoms with Gasteiger partial charge in [0.2, 0.25) is 5.91 Å². The summed E-state index contributed by atoms with van der Waals surface area (Å²) in [6, 6.07) is 7.63. The first kappa shape index (κ1) is 19.2. The Kier molecular flexibility index (Phi) is 7.63. The van der Waals surface area contributed by atoms with Gasteiger partial charge in [0.1, 0.15) is 0 Å². The van der Waals surface area contributed by atoms with E-state index < -0.39 is 5.41 Å². The summed E-state index contributed by atoms with van der Waals surface area (Å²) < 4.78 is 5.38. The highest BCUT2D eigenvalue weighted by Gasteiger charge is 2.41. The van der Waals surface area contributed by atoms with Crippen molar-refractivity contribution < 1.29 is 9.53 Å². The third-order valence-corrected chi connectivity index (χ3v) is 4.46. The number of carbonyl (C=O) groups is 1. The summed E-state index contributed by atoms with van der Waals surface area (Å²) in [4.78, 5) is 14.8. The van der Waals surface area contributed by atoms with Crippen LogP contribution in [0.15, 0.2) is 24.3 Å². The van der Waals surface area contributed by atoms with E-state index in [0.717, 1.165) is 5.56 Å². The molecule has 0 atom stereocenters. The zero-order chi connectivity index (χ0) is 15.3. The Labute approximate surface area is 143 Å². The second kappa shape index (κ2) is 8.73. The number of rotatable bonds is 5. The van der Waals surface area contributed by atoms with Gasteiger partial charge in [0.05, 0.1) is 5.41 Å². The fourth-order valence-corrected chi connectivity index (χ4v) is 3.00. The zero-order valence-electron chi connectivity index (χ0n) is 12.9. The van der Waals surface area contributed by atoms with E-state index in [4.69, 9.17) is 22.1 Å². The molecule has 22 heavy (non-hydrogen) atoms. The second-order valence-corrected chi connectivity index (χ2v) is 5.98. The van der Waals surface area contributed by atoms with Crippen LogP contribution in [0.3, 0.4) is 0 Å². The minimum absolute atomic E-state index is 0. The number of benzene rings is 1. The smallest absolute Gasteiger partial charge is 0.230 e. The van der Waals surface area contributed by atoms with E-state index in [-0.39, 0.29) is 18.3 Å². The summed E-state index contributed by atoms with van der Waals surface area (Å²) in [6.45, 7) is 4.81. The molecular weight excluding hydrogens is 323 g/mol. The van der Waals surface area contributed by atoms with Crippen LogP contribution in [-0.2, 0) is 16.1 Å². The van der Waals surface area contributed by atoms with Crippen molar-refractivity contribution in [1.82, 2.24) is 4.90 Å². The molecule has 0 spiro atoms. The van der Waals surface area contributed by atoms with Gasteiger partial charge in [-0.05, 0) is 37.5 Å². The number of hydrogen-bond acceptors (Lipinski definition) is 3. The van der Waals surface area contributed by atoms with Crippen LogP contribution in [0.25, 0.3) is 0 Å². The number of halogens is 2. The van der Waals surface area contributed by atoms with Crippen molar-refractivity contribution in [2.24, 2.45) is 11.1 Å². The van der Waals surface area contributed by atoms with E-state index in [1.54, 1.807) is 0 Å². The van der Waals surface area contributed by atoms with Gasteiger partial charge in [0.25, 0.3) is 0 Å². The molecule has 4 nitrogen and oxygen atoms in total. The molecule has 1 saturated heterocycles. The fourth-order valence-electron chi connectivity index (χ4n) is 2.79. The van der Waals surface area contributed by atoms with E-state index in [0.29, 0.717) is 50.7 Å². The summed E-state index contributed by atoms with van der Waals surface area (Å²) in [5.74, 6) is 0.135. The Morgan fingerprint density at radius 3 is 2.64 bits per heavy atom. The maximum atomic E-state index is 12.9. The quantitative estimate of drug-likeness (QED) is 0.891. The van der Waals surface area contributed by atoms with Gasteiger partial charge in [0.15, 0.2) is 0 Å². The van der Waals surface area contributed by atoms with Crippen LogP contribution in [-0.4, -0.2) is 37.1 Å². The van der Waals surface area contributed by atoms with E-state index in [1.165, 1.54) is 0 Å². The molecule has 124 valence electrons. The van der Waals surface area contributed by atoms with E-state index in [9.17, 15) is 4.79 Å². The molecule has 0 radical (unpaired) electrons. The highest BCUT2D eigenvalue weighted by Crippen LogP contribution is 2.32. The van der Waals surface area contributed by atoms with Gasteiger partial charge in [-0.1, -0.05) is 23.7 Å². The number of nitrogens with two attached hydrogens (primary N) is 1. The van der Waals surface area contributed by atoms with Crippen LogP contribution in [0.4, 0.5) is 0 Å².